The molecule has 0 N–H and O–H groups in total. The molecule has 1 amide bonds. The van der Waals surface area contributed by atoms with Crippen molar-refractivity contribution in [2.75, 3.05) is 13.2 Å². The Morgan fingerprint density at radius 3 is 2.39 bits per heavy atom. The number of benzene rings is 1. The first-order valence-corrected chi connectivity index (χ1v) is 10.9. The molecule has 0 aliphatic heterocycles. The summed E-state index contributed by atoms with van der Waals surface area (Å²) in [4.78, 5) is 40.5. The minimum atomic E-state index is -0.440. The third-order valence-electron chi connectivity index (χ3n) is 6.23. The Balaban J connectivity index is 1.80. The van der Waals surface area contributed by atoms with E-state index in [4.69, 9.17) is 4.74 Å². The van der Waals surface area contributed by atoms with Gasteiger partial charge in [-0.25, -0.2) is 4.79 Å². The van der Waals surface area contributed by atoms with Gasteiger partial charge in [0.15, 0.2) is 5.78 Å². The molecule has 1 aromatic carbocycles. The SMILES string of the molecule is CCOC(=O)c1c(C)c(C(=O)CN(C(=O)[C@@H]2C[C@H]2c2ccccc2)C(C)C)c(C)n1C. The minimum absolute atomic E-state index is 0.00245. The van der Waals surface area contributed by atoms with E-state index in [1.165, 1.54) is 5.56 Å². The van der Waals surface area contributed by atoms with Gasteiger partial charge in [0.05, 0.1) is 13.2 Å². The Hall–Kier alpha value is -2.89. The molecule has 3 rings (SSSR count). The van der Waals surface area contributed by atoms with Gasteiger partial charge in [0.1, 0.15) is 5.69 Å². The highest BCUT2D eigenvalue weighted by atomic mass is 16.5. The molecule has 1 aliphatic rings. The molecule has 2 aromatic rings. The highest BCUT2D eigenvalue weighted by Gasteiger charge is 2.46. The van der Waals surface area contributed by atoms with Crippen LogP contribution in [-0.4, -0.2) is 46.3 Å². The Kier molecular flexibility index (Phi) is 6.68. The molecule has 0 spiro atoms. The first-order chi connectivity index (χ1) is 14.7. The highest BCUT2D eigenvalue weighted by molar-refractivity contribution is 6.05. The number of amides is 1. The number of Topliss-reactive ketones (excluding diaryl/α,β-unsaturated/α-hetero) is 1. The molecule has 1 aliphatic carbocycles. The van der Waals surface area contributed by atoms with Crippen LogP contribution in [0.5, 0.6) is 0 Å². The molecule has 1 fully saturated rings. The Morgan fingerprint density at radius 1 is 1.16 bits per heavy atom. The number of rotatable bonds is 8. The smallest absolute Gasteiger partial charge is 0.355 e. The maximum atomic E-state index is 13.3. The molecule has 31 heavy (non-hydrogen) atoms. The van der Waals surface area contributed by atoms with Gasteiger partial charge < -0.3 is 14.2 Å². The molecule has 166 valence electrons. The molecule has 1 saturated carbocycles. The normalized spacial score (nSPS) is 17.5. The van der Waals surface area contributed by atoms with E-state index in [0.717, 1.165) is 6.42 Å². The van der Waals surface area contributed by atoms with Crippen molar-refractivity contribution < 1.29 is 19.1 Å². The van der Waals surface area contributed by atoms with Gasteiger partial charge in [-0.2, -0.15) is 0 Å². The first-order valence-electron chi connectivity index (χ1n) is 10.9. The predicted octanol–water partition coefficient (Wildman–Crippen LogP) is 4.04. The lowest BCUT2D eigenvalue weighted by molar-refractivity contribution is -0.133. The van der Waals surface area contributed by atoms with Crippen LogP contribution in [0.1, 0.15) is 70.8 Å². The topological polar surface area (TPSA) is 68.6 Å². The van der Waals surface area contributed by atoms with E-state index >= 15 is 0 Å². The summed E-state index contributed by atoms with van der Waals surface area (Å²) in [6.07, 6.45) is 0.816. The van der Waals surface area contributed by atoms with Crippen LogP contribution in [0.15, 0.2) is 30.3 Å². The van der Waals surface area contributed by atoms with E-state index in [2.05, 4.69) is 12.1 Å². The third kappa shape index (κ3) is 4.43. The number of ether oxygens (including phenoxy) is 1. The number of carbonyl (C=O) groups is 3. The highest BCUT2D eigenvalue weighted by Crippen LogP contribution is 2.48. The van der Waals surface area contributed by atoms with Crippen LogP contribution in [-0.2, 0) is 16.6 Å². The fraction of sp³-hybridized carbons (Fsp3) is 0.480. The predicted molar refractivity (Wildman–Crippen MR) is 119 cm³/mol. The van der Waals surface area contributed by atoms with E-state index in [1.807, 2.05) is 39.0 Å². The zero-order chi connectivity index (χ0) is 22.9. The van der Waals surface area contributed by atoms with Crippen LogP contribution in [0.3, 0.4) is 0 Å². The second kappa shape index (κ2) is 9.08. The molecule has 2 atom stereocenters. The summed E-state index contributed by atoms with van der Waals surface area (Å²) in [5, 5.41) is 0. The largest absolute Gasteiger partial charge is 0.461 e. The lowest BCUT2D eigenvalue weighted by atomic mass is 10.0. The average Bonchev–Trinajstić information content (AvgIpc) is 3.49. The van der Waals surface area contributed by atoms with Crippen molar-refractivity contribution in [1.29, 1.82) is 0 Å². The monoisotopic (exact) mass is 424 g/mol. The molecular weight excluding hydrogens is 392 g/mol. The van der Waals surface area contributed by atoms with Gasteiger partial charge in [-0.05, 0) is 58.1 Å². The summed E-state index contributed by atoms with van der Waals surface area (Å²) in [7, 11) is 1.76. The lowest BCUT2D eigenvalue weighted by Crippen LogP contribution is -2.42. The molecule has 0 radical (unpaired) electrons. The van der Waals surface area contributed by atoms with Crippen molar-refractivity contribution >= 4 is 17.7 Å². The maximum Gasteiger partial charge on any atom is 0.355 e. The van der Waals surface area contributed by atoms with Crippen LogP contribution in [0.4, 0.5) is 0 Å². The molecular formula is C25H32N2O4. The third-order valence-corrected chi connectivity index (χ3v) is 6.23. The Labute approximate surface area is 184 Å². The molecule has 1 heterocycles. The summed E-state index contributed by atoms with van der Waals surface area (Å²) in [6, 6.07) is 9.95. The number of carbonyl (C=O) groups excluding carboxylic acids is 3. The summed E-state index contributed by atoms with van der Waals surface area (Å²) in [6.45, 7) is 9.46. The summed E-state index contributed by atoms with van der Waals surface area (Å²) in [5.74, 6) is -0.425. The van der Waals surface area contributed by atoms with E-state index < -0.39 is 5.97 Å². The van der Waals surface area contributed by atoms with Gasteiger partial charge in [-0.3, -0.25) is 9.59 Å². The molecule has 0 saturated heterocycles. The number of nitrogens with zero attached hydrogens (tertiary/aromatic N) is 2. The molecule has 6 heteroatoms. The fourth-order valence-corrected chi connectivity index (χ4v) is 4.38. The van der Waals surface area contributed by atoms with Crippen LogP contribution < -0.4 is 0 Å². The van der Waals surface area contributed by atoms with Crippen molar-refractivity contribution in [3.05, 3.63) is 58.4 Å². The number of hydrogen-bond donors (Lipinski definition) is 0. The van der Waals surface area contributed by atoms with Crippen molar-refractivity contribution in [2.24, 2.45) is 13.0 Å². The van der Waals surface area contributed by atoms with Gasteiger partial charge >= 0.3 is 5.97 Å². The van der Waals surface area contributed by atoms with Gasteiger partial charge in [-0.15, -0.1) is 0 Å². The van der Waals surface area contributed by atoms with Gasteiger partial charge in [0.25, 0.3) is 0 Å². The molecule has 0 unspecified atom stereocenters. The zero-order valence-corrected chi connectivity index (χ0v) is 19.3. The zero-order valence-electron chi connectivity index (χ0n) is 19.3. The van der Waals surface area contributed by atoms with Crippen molar-refractivity contribution in [3.63, 3.8) is 0 Å². The van der Waals surface area contributed by atoms with E-state index in [0.29, 0.717) is 22.5 Å². The molecule has 6 nitrogen and oxygen atoms in total. The lowest BCUT2D eigenvalue weighted by Gasteiger charge is -2.26. The summed E-state index contributed by atoms with van der Waals surface area (Å²) < 4.78 is 6.86. The number of ketones is 1. The Bertz CT molecular complexity index is 991. The van der Waals surface area contributed by atoms with Crippen LogP contribution >= 0.6 is 0 Å². The standard InChI is InChI=1S/C25H32N2O4/c1-7-31-25(30)23-16(4)22(17(5)26(23)6)21(28)14-27(15(2)3)24(29)20-13-19(20)18-11-9-8-10-12-18/h8-12,15,19-20H,7,13-14H2,1-6H3/t19-,20+/m0/s1. The number of hydrogen-bond acceptors (Lipinski definition) is 4. The van der Waals surface area contributed by atoms with Crippen molar-refractivity contribution in [1.82, 2.24) is 9.47 Å². The van der Waals surface area contributed by atoms with Crippen molar-refractivity contribution in [3.8, 4) is 0 Å². The average molecular weight is 425 g/mol. The van der Waals surface area contributed by atoms with E-state index in [-0.39, 0.29) is 42.7 Å². The van der Waals surface area contributed by atoms with Gasteiger partial charge in [-0.1, -0.05) is 30.3 Å². The van der Waals surface area contributed by atoms with Crippen LogP contribution in [0, 0.1) is 19.8 Å². The number of aromatic nitrogens is 1. The van der Waals surface area contributed by atoms with Gasteiger partial charge in [0.2, 0.25) is 5.91 Å². The fourth-order valence-electron chi connectivity index (χ4n) is 4.38. The summed E-state index contributed by atoms with van der Waals surface area (Å²) in [5.41, 5.74) is 3.36. The van der Waals surface area contributed by atoms with E-state index in [9.17, 15) is 14.4 Å². The maximum absolute atomic E-state index is 13.3. The second-order valence-corrected chi connectivity index (χ2v) is 8.56. The van der Waals surface area contributed by atoms with E-state index in [1.54, 1.807) is 30.4 Å². The minimum Gasteiger partial charge on any atom is -0.461 e. The quantitative estimate of drug-likeness (QED) is 0.474. The van der Waals surface area contributed by atoms with Crippen LogP contribution in [0.25, 0.3) is 0 Å². The van der Waals surface area contributed by atoms with Crippen molar-refractivity contribution in [2.45, 2.75) is 53.0 Å². The van der Waals surface area contributed by atoms with Crippen LogP contribution in [0.2, 0.25) is 0 Å². The molecule has 0 bridgehead atoms. The second-order valence-electron chi connectivity index (χ2n) is 8.56. The summed E-state index contributed by atoms with van der Waals surface area (Å²) >= 11 is 0. The van der Waals surface area contributed by atoms with Gasteiger partial charge in [0, 0.05) is 30.3 Å². The number of esters is 1. The molecule has 1 aromatic heterocycles. The first kappa shape index (κ1) is 22.8. The Morgan fingerprint density at radius 2 is 1.81 bits per heavy atom.